The van der Waals surface area contributed by atoms with Gasteiger partial charge in [-0.25, -0.2) is 0 Å². The number of amides is 2. The predicted octanol–water partition coefficient (Wildman–Crippen LogP) is 2.60. The molecule has 5 rings (SSSR count). The third-order valence-electron chi connectivity index (χ3n) is 7.67. The Balaban J connectivity index is 1.36. The zero-order valence-corrected chi connectivity index (χ0v) is 23.8. The van der Waals surface area contributed by atoms with E-state index in [0.29, 0.717) is 43.5 Å². The summed E-state index contributed by atoms with van der Waals surface area (Å²) < 4.78 is 16.6. The number of rotatable bonds is 12. The number of aromatic nitrogens is 4. The Bertz CT molecular complexity index is 1280. The first-order valence-corrected chi connectivity index (χ1v) is 14.4. The highest BCUT2D eigenvalue weighted by Gasteiger charge is 2.35. The summed E-state index contributed by atoms with van der Waals surface area (Å²) in [6, 6.07) is 10.1. The summed E-state index contributed by atoms with van der Waals surface area (Å²) in [5.41, 5.74) is 0.756. The first-order valence-electron chi connectivity index (χ1n) is 14.4. The molecule has 41 heavy (non-hydrogen) atoms. The number of hydrogen-bond acceptors (Lipinski definition) is 9. The molecule has 220 valence electrons. The number of hydrogen-bond donors (Lipinski definition) is 1. The summed E-state index contributed by atoms with van der Waals surface area (Å²) in [6.45, 7) is 5.96. The van der Waals surface area contributed by atoms with Gasteiger partial charge in [-0.3, -0.25) is 14.5 Å². The Morgan fingerprint density at radius 2 is 1.88 bits per heavy atom. The molecule has 1 atom stereocenters. The molecule has 1 aliphatic carbocycles. The molecule has 0 bridgehead atoms. The largest absolute Gasteiger partial charge is 0.497 e. The standard InChI is InChI=1S/C29H39N7O5/c1-21-8-13-25(41-21)27(29(38)30-23-6-3-4-7-23)35(15-5-14-34-16-18-40-19-17-34)26(37)20-36-32-28(31-33-36)22-9-11-24(39-2)12-10-22/h8-13,23,27H,3-7,14-20H2,1-2H3,(H,30,38)/t27-/m0/s1. The zero-order valence-electron chi connectivity index (χ0n) is 23.8. The van der Waals surface area contributed by atoms with Crippen molar-refractivity contribution < 1.29 is 23.5 Å². The molecular weight excluding hydrogens is 526 g/mol. The fraction of sp³-hybridized carbons (Fsp3) is 0.552. The third-order valence-corrected chi connectivity index (χ3v) is 7.67. The Morgan fingerprint density at radius 3 is 2.56 bits per heavy atom. The monoisotopic (exact) mass is 565 g/mol. The van der Waals surface area contributed by atoms with Gasteiger partial charge in [0.25, 0.3) is 5.91 Å². The first-order chi connectivity index (χ1) is 20.0. The fourth-order valence-electron chi connectivity index (χ4n) is 5.44. The zero-order chi connectivity index (χ0) is 28.6. The van der Waals surface area contributed by atoms with Crippen LogP contribution in [0.5, 0.6) is 5.75 Å². The number of carbonyl (C=O) groups is 2. The molecule has 3 heterocycles. The molecule has 3 aromatic rings. The average molecular weight is 566 g/mol. The maximum atomic E-state index is 13.9. The number of carbonyl (C=O) groups excluding carboxylic acids is 2. The number of methoxy groups -OCH3 is 1. The lowest BCUT2D eigenvalue weighted by Gasteiger charge is -2.32. The molecule has 1 aliphatic heterocycles. The van der Waals surface area contributed by atoms with Gasteiger partial charge < -0.3 is 24.1 Å². The van der Waals surface area contributed by atoms with Gasteiger partial charge in [-0.2, -0.15) is 4.80 Å². The van der Waals surface area contributed by atoms with Crippen LogP contribution in [0.3, 0.4) is 0 Å². The number of ether oxygens (including phenoxy) is 2. The third kappa shape index (κ3) is 7.50. The van der Waals surface area contributed by atoms with Gasteiger partial charge in [0.1, 0.15) is 23.8 Å². The number of morpholine rings is 1. The normalized spacial score (nSPS) is 16.9. The number of aryl methyl sites for hydroxylation is 1. The fourth-order valence-corrected chi connectivity index (χ4v) is 5.44. The van der Waals surface area contributed by atoms with Crippen molar-refractivity contribution >= 4 is 11.8 Å². The minimum absolute atomic E-state index is 0.107. The molecule has 1 aromatic carbocycles. The molecule has 0 spiro atoms. The van der Waals surface area contributed by atoms with E-state index in [0.717, 1.165) is 56.6 Å². The van der Waals surface area contributed by atoms with Crippen LogP contribution < -0.4 is 10.1 Å². The smallest absolute Gasteiger partial charge is 0.250 e. The number of tetrazole rings is 1. The Labute approximate surface area is 240 Å². The summed E-state index contributed by atoms with van der Waals surface area (Å²) in [4.78, 5) is 32.9. The van der Waals surface area contributed by atoms with E-state index in [-0.39, 0.29) is 24.4 Å². The van der Waals surface area contributed by atoms with Crippen LogP contribution in [0.15, 0.2) is 40.8 Å². The SMILES string of the molecule is COc1ccc(-c2nnn(CC(=O)N(CCCN3CCOCC3)[C@H](C(=O)NC3CCCC3)c3ccc(C)o3)n2)cc1. The van der Waals surface area contributed by atoms with Crippen LogP contribution in [0.2, 0.25) is 0 Å². The van der Waals surface area contributed by atoms with Crippen LogP contribution >= 0.6 is 0 Å². The lowest BCUT2D eigenvalue weighted by Crippen LogP contribution is -2.48. The van der Waals surface area contributed by atoms with E-state index in [1.54, 1.807) is 18.1 Å². The molecule has 2 fully saturated rings. The highest BCUT2D eigenvalue weighted by atomic mass is 16.5. The van der Waals surface area contributed by atoms with Crippen LogP contribution in [0.25, 0.3) is 11.4 Å². The van der Waals surface area contributed by atoms with Crippen molar-refractivity contribution in [3.63, 3.8) is 0 Å². The lowest BCUT2D eigenvalue weighted by atomic mass is 10.1. The van der Waals surface area contributed by atoms with Gasteiger partial charge in [0.2, 0.25) is 11.7 Å². The van der Waals surface area contributed by atoms with E-state index in [4.69, 9.17) is 13.9 Å². The van der Waals surface area contributed by atoms with E-state index in [1.165, 1.54) is 4.80 Å². The van der Waals surface area contributed by atoms with Gasteiger partial charge in [0.15, 0.2) is 6.04 Å². The topological polar surface area (TPSA) is 128 Å². The minimum atomic E-state index is -0.897. The molecule has 0 radical (unpaired) electrons. The van der Waals surface area contributed by atoms with Gasteiger partial charge in [0, 0.05) is 37.8 Å². The second-order valence-electron chi connectivity index (χ2n) is 10.6. The van der Waals surface area contributed by atoms with Gasteiger partial charge >= 0.3 is 0 Å². The maximum Gasteiger partial charge on any atom is 0.250 e. The molecule has 12 heteroatoms. The summed E-state index contributed by atoms with van der Waals surface area (Å²) >= 11 is 0. The van der Waals surface area contributed by atoms with Crippen LogP contribution in [0.1, 0.15) is 49.7 Å². The number of benzene rings is 1. The van der Waals surface area contributed by atoms with Crippen molar-refractivity contribution in [2.75, 3.05) is 46.5 Å². The Hall–Kier alpha value is -3.77. The first kappa shape index (κ1) is 28.7. The molecule has 2 aromatic heterocycles. The molecule has 2 amide bonds. The highest BCUT2D eigenvalue weighted by Crippen LogP contribution is 2.27. The van der Waals surface area contributed by atoms with Gasteiger partial charge in [-0.15, -0.1) is 10.2 Å². The van der Waals surface area contributed by atoms with Crippen molar-refractivity contribution in [1.29, 1.82) is 0 Å². The molecule has 1 N–H and O–H groups in total. The van der Waals surface area contributed by atoms with Crippen LogP contribution in [-0.2, 0) is 20.9 Å². The van der Waals surface area contributed by atoms with E-state index >= 15 is 0 Å². The Morgan fingerprint density at radius 1 is 1.12 bits per heavy atom. The maximum absolute atomic E-state index is 13.9. The second-order valence-corrected chi connectivity index (χ2v) is 10.6. The quantitative estimate of drug-likeness (QED) is 0.352. The summed E-state index contributed by atoms with van der Waals surface area (Å²) in [5.74, 6) is 1.74. The van der Waals surface area contributed by atoms with Crippen molar-refractivity contribution in [3.05, 3.63) is 47.9 Å². The average Bonchev–Trinajstić information content (AvgIpc) is 3.76. The van der Waals surface area contributed by atoms with Crippen LogP contribution in [0.4, 0.5) is 0 Å². The van der Waals surface area contributed by atoms with Crippen molar-refractivity contribution in [1.82, 2.24) is 35.3 Å². The molecular formula is C29H39N7O5. The molecule has 0 unspecified atom stereocenters. The predicted molar refractivity (Wildman–Crippen MR) is 150 cm³/mol. The highest BCUT2D eigenvalue weighted by molar-refractivity contribution is 5.88. The minimum Gasteiger partial charge on any atom is -0.497 e. The summed E-state index contributed by atoms with van der Waals surface area (Å²) in [5, 5.41) is 15.9. The van der Waals surface area contributed by atoms with Crippen LogP contribution in [-0.4, -0.2) is 94.4 Å². The second kappa shape index (κ2) is 13.7. The number of furan rings is 1. The Kier molecular flexibility index (Phi) is 9.63. The van der Waals surface area contributed by atoms with Crippen LogP contribution in [0, 0.1) is 6.92 Å². The number of nitrogens with zero attached hydrogens (tertiary/aromatic N) is 6. The van der Waals surface area contributed by atoms with E-state index in [2.05, 4.69) is 25.6 Å². The van der Waals surface area contributed by atoms with Gasteiger partial charge in [0.05, 0.1) is 20.3 Å². The molecule has 2 aliphatic rings. The van der Waals surface area contributed by atoms with E-state index < -0.39 is 6.04 Å². The van der Waals surface area contributed by atoms with Crippen molar-refractivity contribution in [3.8, 4) is 17.1 Å². The molecule has 1 saturated heterocycles. The molecule has 1 saturated carbocycles. The molecule has 12 nitrogen and oxygen atoms in total. The van der Waals surface area contributed by atoms with E-state index in [1.807, 2.05) is 37.3 Å². The number of nitrogens with one attached hydrogen (secondary N) is 1. The van der Waals surface area contributed by atoms with Gasteiger partial charge in [-0.05, 0) is 67.8 Å². The lowest BCUT2D eigenvalue weighted by molar-refractivity contribution is -0.142. The van der Waals surface area contributed by atoms with Crippen molar-refractivity contribution in [2.24, 2.45) is 0 Å². The van der Waals surface area contributed by atoms with Gasteiger partial charge in [-0.1, -0.05) is 12.8 Å². The summed E-state index contributed by atoms with van der Waals surface area (Å²) in [7, 11) is 1.60. The van der Waals surface area contributed by atoms with Crippen molar-refractivity contribution in [2.45, 2.75) is 57.7 Å². The summed E-state index contributed by atoms with van der Waals surface area (Å²) in [6.07, 6.45) is 4.76. The van der Waals surface area contributed by atoms with E-state index in [9.17, 15) is 9.59 Å².